The third kappa shape index (κ3) is 1.41. The predicted octanol–water partition coefficient (Wildman–Crippen LogP) is -0.377. The van der Waals surface area contributed by atoms with E-state index in [9.17, 15) is 4.79 Å². The molecule has 0 saturated carbocycles. The molecule has 0 aliphatic carbocycles. The summed E-state index contributed by atoms with van der Waals surface area (Å²) in [5.74, 6) is 1.04. The van der Waals surface area contributed by atoms with Gasteiger partial charge in [-0.25, -0.2) is 4.98 Å². The van der Waals surface area contributed by atoms with Crippen LogP contribution in [-0.4, -0.2) is 35.1 Å². The maximum Gasteiger partial charge on any atom is 0.219 e. The highest BCUT2D eigenvalue weighted by Gasteiger charge is 2.28. The minimum Gasteiger partial charge on any atom is -0.402 e. The van der Waals surface area contributed by atoms with Crippen LogP contribution in [-0.2, 0) is 4.79 Å². The second-order valence-corrected chi connectivity index (χ2v) is 4.14. The molecule has 1 aliphatic heterocycles. The largest absolute Gasteiger partial charge is 0.402 e. The van der Waals surface area contributed by atoms with E-state index in [-0.39, 0.29) is 5.78 Å². The first kappa shape index (κ1) is 9.95. The van der Waals surface area contributed by atoms with Gasteiger partial charge in [-0.05, 0) is 12.1 Å². The monoisotopic (exact) mass is 226 g/mol. The van der Waals surface area contributed by atoms with Crippen LogP contribution in [0.3, 0.4) is 0 Å². The van der Waals surface area contributed by atoms with Crippen molar-refractivity contribution >= 4 is 30.4 Å². The highest BCUT2D eigenvalue weighted by atomic mass is 16.1. The fourth-order valence-electron chi connectivity index (χ4n) is 2.04. The molecule has 5 nitrogen and oxygen atoms in total. The minimum absolute atomic E-state index is 0.00376. The molecule has 3 rings (SSSR count). The molecule has 1 aromatic heterocycles. The van der Waals surface area contributed by atoms with Gasteiger partial charge < -0.3 is 15.5 Å². The molecule has 0 spiro atoms. The molecule has 2 aromatic rings. The lowest BCUT2D eigenvalue weighted by Gasteiger charge is -2.09. The number of nitrogens with two attached hydrogens (primary N) is 1. The summed E-state index contributed by atoms with van der Waals surface area (Å²) in [6, 6.07) is 7.65. The van der Waals surface area contributed by atoms with Crippen molar-refractivity contribution in [1.82, 2.24) is 14.8 Å². The molecule has 0 fully saturated rings. The number of benzene rings is 1. The number of carbonyl (C=O) groups is 1. The lowest BCUT2D eigenvalue weighted by atomic mass is 10.2. The Morgan fingerprint density at radius 2 is 2.18 bits per heavy atom. The van der Waals surface area contributed by atoms with Gasteiger partial charge in [0.2, 0.25) is 7.98 Å². The first-order valence-corrected chi connectivity index (χ1v) is 5.36. The Morgan fingerprint density at radius 3 is 2.82 bits per heavy atom. The highest BCUT2D eigenvalue weighted by Crippen LogP contribution is 2.24. The second-order valence-electron chi connectivity index (χ2n) is 4.14. The second kappa shape index (κ2) is 3.38. The van der Waals surface area contributed by atoms with E-state index in [4.69, 9.17) is 5.73 Å². The van der Waals surface area contributed by atoms with Crippen molar-refractivity contribution < 1.29 is 4.79 Å². The fraction of sp³-hybridized carbons (Fsp3) is 0.0909. The molecule has 17 heavy (non-hydrogen) atoms. The van der Waals surface area contributed by atoms with Gasteiger partial charge in [-0.2, -0.15) is 0 Å². The van der Waals surface area contributed by atoms with Gasteiger partial charge in [-0.1, -0.05) is 12.1 Å². The minimum atomic E-state index is 0.00376. The van der Waals surface area contributed by atoms with Gasteiger partial charge in [0.15, 0.2) is 5.78 Å². The van der Waals surface area contributed by atoms with Crippen LogP contribution in [0.2, 0.25) is 0 Å². The maximum absolute atomic E-state index is 11.8. The number of aromatic amines is 1. The Kier molecular flexibility index (Phi) is 1.98. The number of para-hydroxylation sites is 2. The molecule has 1 aromatic carbocycles. The lowest BCUT2D eigenvalue weighted by Crippen LogP contribution is -2.22. The third-order valence-electron chi connectivity index (χ3n) is 2.95. The first-order valence-electron chi connectivity index (χ1n) is 5.36. The SMILES string of the molecule is BN1CC(=O)C(c2nc3ccccc3[nH]2)=C1N. The lowest BCUT2D eigenvalue weighted by molar-refractivity contribution is -0.112. The zero-order valence-corrected chi connectivity index (χ0v) is 9.40. The summed E-state index contributed by atoms with van der Waals surface area (Å²) in [5, 5.41) is 0. The average molecular weight is 226 g/mol. The molecule has 0 unspecified atom stereocenters. The van der Waals surface area contributed by atoms with E-state index in [0.717, 1.165) is 11.0 Å². The Labute approximate surface area is 98.7 Å². The van der Waals surface area contributed by atoms with Crippen LogP contribution in [0.5, 0.6) is 0 Å². The van der Waals surface area contributed by atoms with Crippen molar-refractivity contribution in [2.24, 2.45) is 5.73 Å². The van der Waals surface area contributed by atoms with Crippen molar-refractivity contribution in [3.05, 3.63) is 35.9 Å². The molecule has 0 radical (unpaired) electrons. The predicted molar refractivity (Wildman–Crippen MR) is 67.5 cm³/mol. The number of carbonyl (C=O) groups excluding carboxylic acids is 1. The Morgan fingerprint density at radius 1 is 1.41 bits per heavy atom. The van der Waals surface area contributed by atoms with E-state index in [1.165, 1.54) is 0 Å². The molecule has 0 amide bonds. The van der Waals surface area contributed by atoms with Crippen molar-refractivity contribution in [1.29, 1.82) is 0 Å². The Hall–Kier alpha value is -2.24. The number of Topliss-reactive ketones (excluding diaryl/α,β-unsaturated/α-hetero) is 1. The van der Waals surface area contributed by atoms with Crippen LogP contribution in [0.1, 0.15) is 5.82 Å². The van der Waals surface area contributed by atoms with Gasteiger partial charge in [0.05, 0.1) is 17.6 Å². The van der Waals surface area contributed by atoms with Crippen molar-refractivity contribution in [2.45, 2.75) is 0 Å². The maximum atomic E-state index is 11.8. The van der Waals surface area contributed by atoms with Crippen LogP contribution in [0.25, 0.3) is 16.6 Å². The Bertz CT molecular complexity index is 613. The van der Waals surface area contributed by atoms with E-state index >= 15 is 0 Å². The van der Waals surface area contributed by atoms with Gasteiger partial charge in [0.1, 0.15) is 17.2 Å². The van der Waals surface area contributed by atoms with Crippen LogP contribution in [0.4, 0.5) is 0 Å². The van der Waals surface area contributed by atoms with E-state index in [1.807, 2.05) is 24.3 Å². The van der Waals surface area contributed by atoms with E-state index in [0.29, 0.717) is 23.8 Å². The normalized spacial score (nSPS) is 16.2. The summed E-state index contributed by atoms with van der Waals surface area (Å²) in [6.07, 6.45) is 0. The van der Waals surface area contributed by atoms with Gasteiger partial charge in [0.25, 0.3) is 0 Å². The number of hydrogen-bond donors (Lipinski definition) is 2. The van der Waals surface area contributed by atoms with Gasteiger partial charge in [0, 0.05) is 0 Å². The molecular formula is C11H11BN4O. The number of hydrogen-bond acceptors (Lipinski definition) is 4. The first-order chi connectivity index (χ1) is 8.16. The number of fused-ring (bicyclic) bond motifs is 1. The smallest absolute Gasteiger partial charge is 0.219 e. The van der Waals surface area contributed by atoms with Crippen LogP contribution in [0, 0.1) is 0 Å². The number of rotatable bonds is 1. The summed E-state index contributed by atoms with van der Waals surface area (Å²) >= 11 is 0. The van der Waals surface area contributed by atoms with Crippen molar-refractivity contribution in [3.8, 4) is 0 Å². The molecular weight excluding hydrogens is 215 g/mol. The molecule has 3 N–H and O–H groups in total. The molecule has 2 heterocycles. The summed E-state index contributed by atoms with van der Waals surface area (Å²) in [4.78, 5) is 21.1. The average Bonchev–Trinajstić information content (AvgIpc) is 2.81. The summed E-state index contributed by atoms with van der Waals surface area (Å²) in [5.41, 5.74) is 8.13. The van der Waals surface area contributed by atoms with E-state index in [1.54, 1.807) is 12.8 Å². The van der Waals surface area contributed by atoms with E-state index < -0.39 is 0 Å². The number of imidazole rings is 1. The fourth-order valence-corrected chi connectivity index (χ4v) is 2.04. The zero-order valence-electron chi connectivity index (χ0n) is 9.40. The van der Waals surface area contributed by atoms with Crippen LogP contribution < -0.4 is 5.73 Å². The molecule has 1 aliphatic rings. The van der Waals surface area contributed by atoms with E-state index in [2.05, 4.69) is 9.97 Å². The zero-order chi connectivity index (χ0) is 12.0. The molecule has 0 atom stereocenters. The topological polar surface area (TPSA) is 75.0 Å². The van der Waals surface area contributed by atoms with Crippen molar-refractivity contribution in [2.75, 3.05) is 6.54 Å². The number of ketones is 1. The number of nitrogens with zero attached hydrogens (tertiary/aromatic N) is 2. The molecule has 84 valence electrons. The Balaban J connectivity index is 2.19. The standard InChI is InChI=1S/C11H11BN4O/c12-16-5-8(17)9(10(16)13)11-14-6-3-1-2-4-7(6)15-11/h1-4H,5,12-13H2,(H,14,15). The van der Waals surface area contributed by atoms with Crippen LogP contribution in [0.15, 0.2) is 30.1 Å². The number of H-pyrrole nitrogens is 1. The molecule has 0 saturated heterocycles. The quantitative estimate of drug-likeness (QED) is 0.650. The summed E-state index contributed by atoms with van der Waals surface area (Å²) in [7, 11) is 1.79. The van der Waals surface area contributed by atoms with Crippen LogP contribution >= 0.6 is 0 Å². The molecule has 0 bridgehead atoms. The summed E-state index contributed by atoms with van der Waals surface area (Å²) in [6.45, 7) is 0.318. The summed E-state index contributed by atoms with van der Waals surface area (Å²) < 4.78 is 0. The number of nitrogens with one attached hydrogen (secondary N) is 1. The molecule has 6 heteroatoms. The number of aromatic nitrogens is 2. The van der Waals surface area contributed by atoms with Gasteiger partial charge in [-0.15, -0.1) is 0 Å². The third-order valence-corrected chi connectivity index (χ3v) is 2.95. The van der Waals surface area contributed by atoms with Gasteiger partial charge in [-0.3, -0.25) is 4.79 Å². The van der Waals surface area contributed by atoms with Gasteiger partial charge >= 0.3 is 0 Å². The highest BCUT2D eigenvalue weighted by molar-refractivity contribution is 6.27. The van der Waals surface area contributed by atoms with Crippen molar-refractivity contribution in [3.63, 3.8) is 0 Å².